The van der Waals surface area contributed by atoms with Crippen LogP contribution in [0.3, 0.4) is 0 Å². The third-order valence-corrected chi connectivity index (χ3v) is 3.53. The maximum atomic E-state index is 6.00. The molecule has 2 N–H and O–H groups in total. The van der Waals surface area contributed by atoms with Crippen molar-refractivity contribution in [1.82, 2.24) is 0 Å². The minimum atomic E-state index is 0.522. The highest BCUT2D eigenvalue weighted by molar-refractivity contribution is 5.01. The Morgan fingerprint density at radius 2 is 2.00 bits per heavy atom. The molecule has 0 amide bonds. The highest BCUT2D eigenvalue weighted by Crippen LogP contribution is 2.54. The number of nitrogens with two attached hydrogens (primary N) is 1. The van der Waals surface area contributed by atoms with Crippen LogP contribution in [-0.2, 0) is 0 Å². The summed E-state index contributed by atoms with van der Waals surface area (Å²) in [6, 6.07) is 0.522. The molecule has 3 atom stereocenters. The lowest BCUT2D eigenvalue weighted by Gasteiger charge is -2.33. The van der Waals surface area contributed by atoms with E-state index in [0.717, 1.165) is 11.8 Å². The zero-order valence-electron chi connectivity index (χ0n) is 6.93. The topological polar surface area (TPSA) is 26.0 Å². The first-order valence-electron chi connectivity index (χ1n) is 4.35. The molecule has 2 bridgehead atoms. The molecule has 0 aromatic rings. The van der Waals surface area contributed by atoms with Crippen molar-refractivity contribution in [3.05, 3.63) is 0 Å². The first-order chi connectivity index (χ1) is 4.59. The van der Waals surface area contributed by atoms with Crippen LogP contribution in [0.25, 0.3) is 0 Å². The van der Waals surface area contributed by atoms with Crippen molar-refractivity contribution in [2.24, 2.45) is 23.0 Å². The number of rotatable bonds is 0. The van der Waals surface area contributed by atoms with Crippen molar-refractivity contribution < 1.29 is 0 Å². The summed E-state index contributed by atoms with van der Waals surface area (Å²) in [5, 5.41) is 0. The third kappa shape index (κ3) is 0.731. The summed E-state index contributed by atoms with van der Waals surface area (Å²) >= 11 is 0. The second-order valence-electron chi connectivity index (χ2n) is 4.80. The first kappa shape index (κ1) is 6.66. The van der Waals surface area contributed by atoms with Gasteiger partial charge in [0, 0.05) is 6.04 Å². The van der Waals surface area contributed by atoms with Gasteiger partial charge in [-0.05, 0) is 36.5 Å². The lowest BCUT2D eigenvalue weighted by atomic mass is 9.74. The average Bonchev–Trinajstić information content (AvgIpc) is 2.18. The van der Waals surface area contributed by atoms with Crippen LogP contribution in [0.5, 0.6) is 0 Å². The molecule has 0 aromatic carbocycles. The molecule has 0 heterocycles. The van der Waals surface area contributed by atoms with Gasteiger partial charge in [-0.15, -0.1) is 0 Å². The van der Waals surface area contributed by atoms with Crippen molar-refractivity contribution in [2.45, 2.75) is 39.2 Å². The highest BCUT2D eigenvalue weighted by Gasteiger charge is 2.48. The summed E-state index contributed by atoms with van der Waals surface area (Å²) in [5.74, 6) is 1.80. The van der Waals surface area contributed by atoms with Crippen molar-refractivity contribution in [2.75, 3.05) is 0 Å². The Kier molecular flexibility index (Phi) is 1.17. The van der Waals surface area contributed by atoms with Gasteiger partial charge in [0.1, 0.15) is 0 Å². The Labute approximate surface area is 63.0 Å². The minimum absolute atomic E-state index is 0.522. The molecule has 1 heteroatoms. The van der Waals surface area contributed by atoms with Crippen LogP contribution in [0.1, 0.15) is 33.1 Å². The van der Waals surface area contributed by atoms with Crippen LogP contribution < -0.4 is 5.73 Å². The molecule has 1 nitrogen and oxygen atoms in total. The van der Waals surface area contributed by atoms with Gasteiger partial charge in [-0.3, -0.25) is 0 Å². The van der Waals surface area contributed by atoms with E-state index in [4.69, 9.17) is 5.73 Å². The van der Waals surface area contributed by atoms with Gasteiger partial charge in [0.05, 0.1) is 0 Å². The molecule has 3 unspecified atom stereocenters. The Hall–Kier alpha value is -0.0400. The standard InChI is InChI=1S/C9H17N/c1-9(2)5-6-3-7(9)8(10)4-6/h6-8H,3-5,10H2,1-2H3. The molecular formula is C9H17N. The molecule has 0 spiro atoms. The van der Waals surface area contributed by atoms with Crippen LogP contribution in [0.4, 0.5) is 0 Å². The Morgan fingerprint density at radius 3 is 2.30 bits per heavy atom. The van der Waals surface area contributed by atoms with Crippen LogP contribution in [0.2, 0.25) is 0 Å². The zero-order valence-corrected chi connectivity index (χ0v) is 6.93. The van der Waals surface area contributed by atoms with E-state index in [2.05, 4.69) is 13.8 Å². The van der Waals surface area contributed by atoms with E-state index >= 15 is 0 Å². The molecule has 0 radical (unpaired) electrons. The van der Waals surface area contributed by atoms with Crippen molar-refractivity contribution in [1.29, 1.82) is 0 Å². The molecule has 2 saturated carbocycles. The van der Waals surface area contributed by atoms with Gasteiger partial charge < -0.3 is 5.73 Å². The van der Waals surface area contributed by atoms with Gasteiger partial charge in [-0.25, -0.2) is 0 Å². The predicted octanol–water partition coefficient (Wildman–Crippen LogP) is 1.77. The fourth-order valence-corrected chi connectivity index (χ4v) is 3.14. The monoisotopic (exact) mass is 139 g/mol. The van der Waals surface area contributed by atoms with E-state index in [-0.39, 0.29) is 0 Å². The zero-order chi connectivity index (χ0) is 7.35. The van der Waals surface area contributed by atoms with Crippen LogP contribution in [0, 0.1) is 17.3 Å². The van der Waals surface area contributed by atoms with E-state index in [1.54, 1.807) is 0 Å². The third-order valence-electron chi connectivity index (χ3n) is 3.53. The summed E-state index contributed by atoms with van der Waals surface area (Å²) in [6.07, 6.45) is 4.13. The molecule has 0 aromatic heterocycles. The Morgan fingerprint density at radius 1 is 1.30 bits per heavy atom. The van der Waals surface area contributed by atoms with Crippen LogP contribution in [-0.4, -0.2) is 6.04 Å². The van der Waals surface area contributed by atoms with E-state index in [9.17, 15) is 0 Å². The fourth-order valence-electron chi connectivity index (χ4n) is 3.14. The van der Waals surface area contributed by atoms with Crippen LogP contribution in [0.15, 0.2) is 0 Å². The summed E-state index contributed by atoms with van der Waals surface area (Å²) in [5.41, 5.74) is 6.55. The van der Waals surface area contributed by atoms with Crippen LogP contribution >= 0.6 is 0 Å². The molecule has 2 aliphatic rings. The molecule has 2 aliphatic carbocycles. The van der Waals surface area contributed by atoms with Crippen molar-refractivity contribution in [3.8, 4) is 0 Å². The van der Waals surface area contributed by atoms with Gasteiger partial charge in [0.25, 0.3) is 0 Å². The van der Waals surface area contributed by atoms with Gasteiger partial charge in [-0.2, -0.15) is 0 Å². The molecule has 10 heavy (non-hydrogen) atoms. The maximum Gasteiger partial charge on any atom is 0.00750 e. The molecule has 58 valence electrons. The normalized spacial score (nSPS) is 50.1. The highest BCUT2D eigenvalue weighted by atomic mass is 14.7. The smallest absolute Gasteiger partial charge is 0.00750 e. The lowest BCUT2D eigenvalue weighted by Crippen LogP contribution is -2.36. The van der Waals surface area contributed by atoms with E-state index < -0.39 is 0 Å². The number of hydrogen-bond donors (Lipinski definition) is 1. The number of hydrogen-bond acceptors (Lipinski definition) is 1. The van der Waals surface area contributed by atoms with Gasteiger partial charge in [-0.1, -0.05) is 13.8 Å². The lowest BCUT2D eigenvalue weighted by molar-refractivity contribution is 0.193. The largest absolute Gasteiger partial charge is 0.327 e. The van der Waals surface area contributed by atoms with Crippen molar-refractivity contribution >= 4 is 0 Å². The van der Waals surface area contributed by atoms with Gasteiger partial charge in [0.2, 0.25) is 0 Å². The van der Waals surface area contributed by atoms with E-state index in [1.165, 1.54) is 19.3 Å². The first-order valence-corrected chi connectivity index (χ1v) is 4.35. The molecule has 0 aliphatic heterocycles. The fraction of sp³-hybridized carbons (Fsp3) is 1.00. The minimum Gasteiger partial charge on any atom is -0.327 e. The molecule has 0 saturated heterocycles. The molecule has 2 fully saturated rings. The van der Waals surface area contributed by atoms with Gasteiger partial charge >= 0.3 is 0 Å². The van der Waals surface area contributed by atoms with Crippen molar-refractivity contribution in [3.63, 3.8) is 0 Å². The molecule has 2 rings (SSSR count). The predicted molar refractivity (Wildman–Crippen MR) is 42.6 cm³/mol. The molecular weight excluding hydrogens is 122 g/mol. The van der Waals surface area contributed by atoms with E-state index in [0.29, 0.717) is 11.5 Å². The Bertz CT molecular complexity index is 151. The average molecular weight is 139 g/mol. The quantitative estimate of drug-likeness (QED) is 0.544. The number of fused-ring (bicyclic) bond motifs is 2. The second-order valence-corrected chi connectivity index (χ2v) is 4.80. The summed E-state index contributed by atoms with van der Waals surface area (Å²) in [4.78, 5) is 0. The second kappa shape index (κ2) is 1.76. The summed E-state index contributed by atoms with van der Waals surface area (Å²) < 4.78 is 0. The maximum absolute atomic E-state index is 6.00. The Balaban J connectivity index is 2.20. The summed E-state index contributed by atoms with van der Waals surface area (Å²) in [7, 11) is 0. The van der Waals surface area contributed by atoms with E-state index in [1.807, 2.05) is 0 Å². The SMILES string of the molecule is CC1(C)CC2CC(N)C1C2. The summed E-state index contributed by atoms with van der Waals surface area (Å²) in [6.45, 7) is 4.74. The van der Waals surface area contributed by atoms with Gasteiger partial charge in [0.15, 0.2) is 0 Å².